The fourth-order valence-electron chi connectivity index (χ4n) is 5.11. The van der Waals surface area contributed by atoms with Gasteiger partial charge in [0.2, 0.25) is 14.6 Å². The van der Waals surface area contributed by atoms with Crippen LogP contribution in [0.2, 0.25) is 0 Å². The molecule has 0 radical (unpaired) electrons. The van der Waals surface area contributed by atoms with Gasteiger partial charge in [0.15, 0.2) is 0 Å². The molecule has 6 aromatic rings. The summed E-state index contributed by atoms with van der Waals surface area (Å²) < 4.78 is 32.1. The normalized spacial score (nSPS) is 12.2. The molecule has 6 rings (SSSR count). The summed E-state index contributed by atoms with van der Waals surface area (Å²) in [4.78, 5) is 0. The number of hydrogen-bond acceptors (Lipinski definition) is 2. The maximum atomic E-state index is 14.0. The topological polar surface area (TPSA) is 58.5 Å². The van der Waals surface area contributed by atoms with Crippen LogP contribution >= 0.6 is 14.6 Å². The van der Waals surface area contributed by atoms with Crippen molar-refractivity contribution < 1.29 is 9.13 Å². The van der Waals surface area contributed by atoms with Gasteiger partial charge in [0.25, 0.3) is 0 Å². The SMILES string of the molecule is CC[C@@H](NP(=O)(c1ccccc1)c1ccccc1)c1ccccc1.O=P(N=Cc1ccccc1)(c1ccccc1)c1ccccc1. The van der Waals surface area contributed by atoms with Crippen molar-refractivity contribution in [2.75, 3.05) is 0 Å². The summed E-state index contributed by atoms with van der Waals surface area (Å²) >= 11 is 0. The predicted octanol–water partition coefficient (Wildman–Crippen LogP) is 8.69. The minimum Gasteiger partial charge on any atom is -0.297 e. The molecule has 0 aliphatic heterocycles. The van der Waals surface area contributed by atoms with Crippen LogP contribution in [0.15, 0.2) is 187 Å². The first kappa shape index (κ1) is 32.8. The molecule has 6 heteroatoms. The lowest BCUT2D eigenvalue weighted by Crippen LogP contribution is -2.30. The lowest BCUT2D eigenvalue weighted by atomic mass is 10.1. The molecule has 0 heterocycles. The van der Waals surface area contributed by atoms with Crippen molar-refractivity contribution in [3.05, 3.63) is 193 Å². The first-order valence-corrected chi connectivity index (χ1v) is 18.8. The molecule has 0 aliphatic rings. The molecule has 0 amide bonds. The van der Waals surface area contributed by atoms with Crippen LogP contribution in [0.5, 0.6) is 0 Å². The number of rotatable bonds is 10. The maximum Gasteiger partial charge on any atom is 0.247 e. The molecule has 0 bridgehead atoms. The van der Waals surface area contributed by atoms with Crippen LogP contribution in [-0.2, 0) is 9.13 Å². The molecule has 4 nitrogen and oxygen atoms in total. The summed E-state index contributed by atoms with van der Waals surface area (Å²) in [5.41, 5.74) is 2.10. The number of hydrogen-bond donors (Lipinski definition) is 1. The fourth-order valence-corrected chi connectivity index (χ4v) is 9.67. The first-order chi connectivity index (χ1) is 22.5. The predicted molar refractivity (Wildman–Crippen MR) is 196 cm³/mol. The van der Waals surface area contributed by atoms with E-state index in [4.69, 9.17) is 0 Å². The van der Waals surface area contributed by atoms with Crippen LogP contribution in [-0.4, -0.2) is 6.21 Å². The Hall–Kier alpha value is -4.59. The van der Waals surface area contributed by atoms with Gasteiger partial charge in [0.05, 0.1) is 0 Å². The monoisotopic (exact) mass is 640 g/mol. The van der Waals surface area contributed by atoms with E-state index in [1.54, 1.807) is 6.21 Å². The van der Waals surface area contributed by atoms with Gasteiger partial charge in [-0.05, 0) is 66.1 Å². The van der Waals surface area contributed by atoms with Crippen LogP contribution in [0.25, 0.3) is 0 Å². The zero-order valence-corrected chi connectivity index (χ0v) is 27.6. The Kier molecular flexibility index (Phi) is 11.5. The highest BCUT2D eigenvalue weighted by Gasteiger charge is 2.30. The van der Waals surface area contributed by atoms with Crippen molar-refractivity contribution >= 4 is 42.0 Å². The number of nitrogens with zero attached hydrogens (tertiary/aromatic N) is 1. The Morgan fingerprint density at radius 1 is 0.522 bits per heavy atom. The molecule has 0 unspecified atom stereocenters. The van der Waals surface area contributed by atoms with Gasteiger partial charge in [-0.2, -0.15) is 0 Å². The summed E-state index contributed by atoms with van der Waals surface area (Å²) in [6.07, 6.45) is 2.56. The van der Waals surface area contributed by atoms with Crippen molar-refractivity contribution in [3.8, 4) is 0 Å². The van der Waals surface area contributed by atoms with Crippen molar-refractivity contribution in [1.29, 1.82) is 0 Å². The third-order valence-corrected chi connectivity index (χ3v) is 12.7. The van der Waals surface area contributed by atoms with Gasteiger partial charge in [-0.1, -0.05) is 140 Å². The van der Waals surface area contributed by atoms with Crippen molar-refractivity contribution in [2.24, 2.45) is 4.76 Å². The average molecular weight is 641 g/mol. The highest BCUT2D eigenvalue weighted by Crippen LogP contribution is 2.45. The average Bonchev–Trinajstić information content (AvgIpc) is 3.15. The van der Waals surface area contributed by atoms with E-state index in [0.717, 1.165) is 38.8 Å². The largest absolute Gasteiger partial charge is 0.297 e. The molecule has 0 aromatic heterocycles. The molecule has 230 valence electrons. The van der Waals surface area contributed by atoms with Gasteiger partial charge in [-0.25, -0.2) is 4.76 Å². The lowest BCUT2D eigenvalue weighted by molar-refractivity contribution is 0.555. The van der Waals surface area contributed by atoms with Crippen molar-refractivity contribution in [2.45, 2.75) is 19.4 Å². The second kappa shape index (κ2) is 16.1. The van der Waals surface area contributed by atoms with Crippen molar-refractivity contribution in [3.63, 3.8) is 0 Å². The second-order valence-corrected chi connectivity index (χ2v) is 15.6. The smallest absolute Gasteiger partial charge is 0.247 e. The van der Waals surface area contributed by atoms with E-state index in [1.165, 1.54) is 0 Å². The van der Waals surface area contributed by atoms with E-state index < -0.39 is 14.6 Å². The van der Waals surface area contributed by atoms with Crippen molar-refractivity contribution in [1.82, 2.24) is 5.09 Å². The summed E-state index contributed by atoms with van der Waals surface area (Å²) in [6.45, 7) is 2.12. The molecule has 1 atom stereocenters. The summed E-state index contributed by atoms with van der Waals surface area (Å²) in [6, 6.07) is 58.3. The van der Waals surface area contributed by atoms with Gasteiger partial charge in [0, 0.05) is 33.5 Å². The Balaban J connectivity index is 0.000000182. The van der Waals surface area contributed by atoms with Crippen LogP contribution in [0.1, 0.15) is 30.5 Å². The first-order valence-electron chi connectivity index (χ1n) is 15.4. The highest BCUT2D eigenvalue weighted by atomic mass is 31.2. The zero-order valence-electron chi connectivity index (χ0n) is 25.8. The molecule has 46 heavy (non-hydrogen) atoms. The summed E-state index contributed by atoms with van der Waals surface area (Å²) in [5.74, 6) is 0. The van der Waals surface area contributed by atoms with Gasteiger partial charge < -0.3 is 0 Å². The lowest BCUT2D eigenvalue weighted by Gasteiger charge is -2.26. The van der Waals surface area contributed by atoms with E-state index in [2.05, 4.69) is 28.9 Å². The van der Waals surface area contributed by atoms with E-state index >= 15 is 0 Å². The summed E-state index contributed by atoms with van der Waals surface area (Å²) in [5, 5.41) is 6.65. The Bertz CT molecular complexity index is 1800. The second-order valence-electron chi connectivity index (χ2n) is 10.7. The van der Waals surface area contributed by atoms with E-state index in [1.807, 2.05) is 170 Å². The highest BCUT2D eigenvalue weighted by molar-refractivity contribution is 7.77. The standard InChI is InChI=1S/C21H22NOP.C19H16NOP/c1-2-21(18-12-6-3-7-13-18)22-24(23,19-14-8-4-9-15-19)20-16-10-5-11-17-20;21-22(18-12-6-2-7-13-18,19-14-8-3-9-15-19)20-16-17-10-4-1-5-11-17/h3-17,21H,2H2,1H3,(H,22,23);1-16H/t21-;/m1./s1. The third kappa shape index (κ3) is 8.16. The third-order valence-electron chi connectivity index (χ3n) is 7.57. The van der Waals surface area contributed by atoms with Crippen LogP contribution in [0.4, 0.5) is 0 Å². The van der Waals surface area contributed by atoms with Gasteiger partial charge in [-0.15, -0.1) is 0 Å². The molecular weight excluding hydrogens is 602 g/mol. The minimum absolute atomic E-state index is 0.0393. The Morgan fingerprint density at radius 2 is 0.870 bits per heavy atom. The number of benzene rings is 6. The maximum absolute atomic E-state index is 14.0. The zero-order chi connectivity index (χ0) is 32.1. The Morgan fingerprint density at radius 3 is 1.26 bits per heavy atom. The van der Waals surface area contributed by atoms with E-state index in [-0.39, 0.29) is 6.04 Å². The number of nitrogens with one attached hydrogen (secondary N) is 1. The molecular formula is C40H38N2O2P2. The minimum atomic E-state index is -3.02. The van der Waals surface area contributed by atoms with Gasteiger partial charge in [0.1, 0.15) is 0 Å². The van der Waals surface area contributed by atoms with Crippen LogP contribution < -0.4 is 26.3 Å². The van der Waals surface area contributed by atoms with Crippen LogP contribution in [0.3, 0.4) is 0 Å². The van der Waals surface area contributed by atoms with Gasteiger partial charge in [-0.3, -0.25) is 14.2 Å². The Labute approximate surface area is 272 Å². The molecule has 0 saturated heterocycles. The molecule has 0 saturated carbocycles. The van der Waals surface area contributed by atoms with E-state index in [9.17, 15) is 9.13 Å². The summed E-state index contributed by atoms with van der Waals surface area (Å²) in [7, 11) is -5.93. The van der Waals surface area contributed by atoms with Gasteiger partial charge >= 0.3 is 0 Å². The molecule has 0 fully saturated rings. The molecule has 0 spiro atoms. The van der Waals surface area contributed by atoms with E-state index in [0.29, 0.717) is 0 Å². The quantitative estimate of drug-likeness (QED) is 0.120. The molecule has 0 aliphatic carbocycles. The fraction of sp³-hybridized carbons (Fsp3) is 0.0750. The molecule has 6 aromatic carbocycles. The van der Waals surface area contributed by atoms with Crippen LogP contribution in [0, 0.1) is 0 Å². The molecule has 1 N–H and O–H groups in total.